The maximum absolute atomic E-state index is 9.17. The first-order valence-electron chi connectivity index (χ1n) is 5.08. The third-order valence-electron chi connectivity index (χ3n) is 3.45. The summed E-state index contributed by atoms with van der Waals surface area (Å²) in [5.41, 5.74) is 0.228. The van der Waals surface area contributed by atoms with Crippen LogP contribution >= 0.6 is 0 Å². The van der Waals surface area contributed by atoms with Gasteiger partial charge in [0.1, 0.15) is 0 Å². The van der Waals surface area contributed by atoms with Gasteiger partial charge in [-0.15, -0.1) is 0 Å². The van der Waals surface area contributed by atoms with Crippen LogP contribution in [-0.2, 0) is 0 Å². The Bertz CT molecular complexity index is 157. The van der Waals surface area contributed by atoms with Crippen molar-refractivity contribution in [2.24, 2.45) is 5.41 Å². The Labute approximate surface area is 74.6 Å². The Balaban J connectivity index is 1.83. The van der Waals surface area contributed by atoms with Gasteiger partial charge in [0.2, 0.25) is 0 Å². The highest BCUT2D eigenvalue weighted by Gasteiger charge is 2.35. The highest BCUT2D eigenvalue weighted by Crippen LogP contribution is 2.35. The Kier molecular flexibility index (Phi) is 2.13. The van der Waals surface area contributed by atoms with Crippen molar-refractivity contribution in [1.29, 1.82) is 0 Å². The molecule has 0 spiro atoms. The van der Waals surface area contributed by atoms with Crippen molar-refractivity contribution in [3.8, 4) is 0 Å². The normalized spacial score (nSPS) is 30.5. The molecule has 70 valence electrons. The Morgan fingerprint density at radius 2 is 1.92 bits per heavy atom. The zero-order valence-corrected chi connectivity index (χ0v) is 7.92. The number of likely N-dealkylation sites (tertiary alicyclic amines) is 1. The van der Waals surface area contributed by atoms with Gasteiger partial charge in [0.05, 0.1) is 0 Å². The predicted molar refractivity (Wildman–Crippen MR) is 49.0 cm³/mol. The number of hydrogen-bond acceptors (Lipinski definition) is 2. The lowest BCUT2D eigenvalue weighted by Crippen LogP contribution is -2.41. The van der Waals surface area contributed by atoms with Crippen molar-refractivity contribution in [2.45, 2.75) is 38.6 Å². The van der Waals surface area contributed by atoms with E-state index in [0.717, 1.165) is 6.04 Å². The fraction of sp³-hybridized carbons (Fsp3) is 1.00. The first-order valence-corrected chi connectivity index (χ1v) is 5.08. The second-order valence-corrected chi connectivity index (χ2v) is 4.74. The van der Waals surface area contributed by atoms with Crippen LogP contribution < -0.4 is 0 Å². The molecule has 2 fully saturated rings. The molecule has 0 aromatic rings. The average molecular weight is 169 g/mol. The molecular formula is C10H19NO. The zero-order valence-electron chi connectivity index (χ0n) is 7.92. The molecular weight excluding hydrogens is 150 g/mol. The van der Waals surface area contributed by atoms with Crippen LogP contribution in [0.5, 0.6) is 0 Å². The van der Waals surface area contributed by atoms with E-state index in [4.69, 9.17) is 0 Å². The summed E-state index contributed by atoms with van der Waals surface area (Å²) in [6.45, 7) is 4.99. The molecule has 1 saturated heterocycles. The molecule has 1 N–H and O–H groups in total. The van der Waals surface area contributed by atoms with Crippen LogP contribution in [0.1, 0.15) is 32.6 Å². The van der Waals surface area contributed by atoms with Crippen LogP contribution in [0.2, 0.25) is 0 Å². The molecule has 1 aliphatic carbocycles. The average Bonchev–Trinajstić information content (AvgIpc) is 2.89. The molecule has 0 aromatic carbocycles. The van der Waals surface area contributed by atoms with Gasteiger partial charge in [-0.1, -0.05) is 6.92 Å². The molecule has 0 bridgehead atoms. The standard InChI is InChI=1S/C10H19NO/c1-10(8-12)4-6-11(7-5-10)9-2-3-9/h9,12H,2-8H2,1H3. The van der Waals surface area contributed by atoms with E-state index in [-0.39, 0.29) is 5.41 Å². The minimum atomic E-state index is 0.228. The van der Waals surface area contributed by atoms with Crippen LogP contribution in [0.25, 0.3) is 0 Å². The van der Waals surface area contributed by atoms with Crippen LogP contribution in [0, 0.1) is 5.41 Å². The van der Waals surface area contributed by atoms with E-state index in [1.165, 1.54) is 38.8 Å². The summed E-state index contributed by atoms with van der Waals surface area (Å²) in [5, 5.41) is 9.17. The van der Waals surface area contributed by atoms with Gasteiger partial charge in [0.25, 0.3) is 0 Å². The lowest BCUT2D eigenvalue weighted by atomic mass is 9.81. The van der Waals surface area contributed by atoms with E-state index in [1.807, 2.05) is 0 Å². The fourth-order valence-electron chi connectivity index (χ4n) is 2.03. The molecule has 1 saturated carbocycles. The minimum absolute atomic E-state index is 0.228. The molecule has 2 aliphatic rings. The van der Waals surface area contributed by atoms with Crippen LogP contribution in [0.3, 0.4) is 0 Å². The monoisotopic (exact) mass is 169 g/mol. The number of nitrogens with zero attached hydrogens (tertiary/aromatic N) is 1. The summed E-state index contributed by atoms with van der Waals surface area (Å²) in [4.78, 5) is 2.59. The highest BCUT2D eigenvalue weighted by atomic mass is 16.3. The van der Waals surface area contributed by atoms with Gasteiger partial charge in [-0.25, -0.2) is 0 Å². The maximum Gasteiger partial charge on any atom is 0.0485 e. The second-order valence-electron chi connectivity index (χ2n) is 4.74. The Morgan fingerprint density at radius 3 is 2.33 bits per heavy atom. The summed E-state index contributed by atoms with van der Waals surface area (Å²) >= 11 is 0. The lowest BCUT2D eigenvalue weighted by Gasteiger charge is -2.38. The van der Waals surface area contributed by atoms with Gasteiger partial charge in [-0.3, -0.25) is 0 Å². The van der Waals surface area contributed by atoms with E-state index in [0.29, 0.717) is 6.61 Å². The molecule has 1 heterocycles. The van der Waals surface area contributed by atoms with Gasteiger partial charge in [0.15, 0.2) is 0 Å². The van der Waals surface area contributed by atoms with Crippen molar-refractivity contribution in [3.05, 3.63) is 0 Å². The van der Waals surface area contributed by atoms with E-state index in [1.54, 1.807) is 0 Å². The summed E-state index contributed by atoms with van der Waals surface area (Å²) < 4.78 is 0. The zero-order chi connectivity index (χ0) is 8.60. The molecule has 0 aromatic heterocycles. The van der Waals surface area contributed by atoms with Crippen LogP contribution in [0.4, 0.5) is 0 Å². The van der Waals surface area contributed by atoms with Crippen molar-refractivity contribution < 1.29 is 5.11 Å². The molecule has 12 heavy (non-hydrogen) atoms. The summed E-state index contributed by atoms with van der Waals surface area (Å²) in [6.07, 6.45) is 5.19. The summed E-state index contributed by atoms with van der Waals surface area (Å²) in [7, 11) is 0. The van der Waals surface area contributed by atoms with Crippen molar-refractivity contribution in [3.63, 3.8) is 0 Å². The quantitative estimate of drug-likeness (QED) is 0.672. The van der Waals surface area contributed by atoms with Crippen molar-refractivity contribution >= 4 is 0 Å². The molecule has 0 amide bonds. The molecule has 1 aliphatic heterocycles. The summed E-state index contributed by atoms with van der Waals surface area (Å²) in [6, 6.07) is 0.910. The third-order valence-corrected chi connectivity index (χ3v) is 3.45. The molecule has 0 atom stereocenters. The molecule has 2 heteroatoms. The third kappa shape index (κ3) is 1.64. The molecule has 2 rings (SSSR count). The van der Waals surface area contributed by atoms with Crippen LogP contribution in [-0.4, -0.2) is 35.7 Å². The van der Waals surface area contributed by atoms with Gasteiger partial charge < -0.3 is 10.0 Å². The minimum Gasteiger partial charge on any atom is -0.396 e. The predicted octanol–water partition coefficient (Wildman–Crippen LogP) is 1.24. The second kappa shape index (κ2) is 3.00. The highest BCUT2D eigenvalue weighted by molar-refractivity contribution is 4.90. The van der Waals surface area contributed by atoms with Gasteiger partial charge in [-0.05, 0) is 44.2 Å². The van der Waals surface area contributed by atoms with Gasteiger partial charge in [-0.2, -0.15) is 0 Å². The summed E-state index contributed by atoms with van der Waals surface area (Å²) in [5.74, 6) is 0. The van der Waals surface area contributed by atoms with Gasteiger partial charge >= 0.3 is 0 Å². The first-order chi connectivity index (χ1) is 5.73. The van der Waals surface area contributed by atoms with E-state index in [2.05, 4.69) is 11.8 Å². The molecule has 2 nitrogen and oxygen atoms in total. The van der Waals surface area contributed by atoms with E-state index >= 15 is 0 Å². The SMILES string of the molecule is CC1(CO)CCN(C2CC2)CC1. The Morgan fingerprint density at radius 1 is 1.33 bits per heavy atom. The topological polar surface area (TPSA) is 23.5 Å². The number of aliphatic hydroxyl groups excluding tert-OH is 1. The smallest absolute Gasteiger partial charge is 0.0485 e. The van der Waals surface area contributed by atoms with Gasteiger partial charge in [0, 0.05) is 12.6 Å². The number of piperidine rings is 1. The number of rotatable bonds is 2. The van der Waals surface area contributed by atoms with E-state index < -0.39 is 0 Å². The molecule has 0 radical (unpaired) electrons. The maximum atomic E-state index is 9.17. The molecule has 0 unspecified atom stereocenters. The van der Waals surface area contributed by atoms with Crippen LogP contribution in [0.15, 0.2) is 0 Å². The fourth-order valence-corrected chi connectivity index (χ4v) is 2.03. The van der Waals surface area contributed by atoms with Crippen molar-refractivity contribution in [2.75, 3.05) is 19.7 Å². The van der Waals surface area contributed by atoms with Crippen molar-refractivity contribution in [1.82, 2.24) is 4.90 Å². The largest absolute Gasteiger partial charge is 0.396 e. The lowest BCUT2D eigenvalue weighted by molar-refractivity contribution is 0.0555. The number of hydrogen-bond donors (Lipinski definition) is 1. The van der Waals surface area contributed by atoms with E-state index in [9.17, 15) is 5.11 Å². The number of aliphatic hydroxyl groups is 1. The first kappa shape index (κ1) is 8.52. The Hall–Kier alpha value is -0.0800.